The summed E-state index contributed by atoms with van der Waals surface area (Å²) in [5.41, 5.74) is 6.50. The van der Waals surface area contributed by atoms with Gasteiger partial charge in [0.1, 0.15) is 11.5 Å². The molecule has 2 N–H and O–H groups in total. The number of carbonyl (C=O) groups excluding carboxylic acids is 1. The average molecular weight is 316 g/mol. The van der Waals surface area contributed by atoms with E-state index in [9.17, 15) is 14.9 Å². The van der Waals surface area contributed by atoms with Crippen LogP contribution in [0, 0.1) is 10.1 Å². The van der Waals surface area contributed by atoms with Crippen LogP contribution in [0.3, 0.4) is 0 Å². The summed E-state index contributed by atoms with van der Waals surface area (Å²) in [4.78, 5) is 21.9. The second-order valence-electron chi connectivity index (χ2n) is 4.85. The first-order valence-electron chi connectivity index (χ1n) is 6.73. The fourth-order valence-electron chi connectivity index (χ4n) is 2.25. The van der Waals surface area contributed by atoms with Gasteiger partial charge in [0.25, 0.3) is 5.69 Å². The molecule has 0 saturated carbocycles. The van der Waals surface area contributed by atoms with E-state index in [-0.39, 0.29) is 12.1 Å². The van der Waals surface area contributed by atoms with Crippen molar-refractivity contribution in [3.63, 3.8) is 0 Å². The number of carbonyl (C=O) groups is 1. The average Bonchev–Trinajstić information content (AvgIpc) is 2.53. The Morgan fingerprint density at radius 2 is 1.74 bits per heavy atom. The lowest BCUT2D eigenvalue weighted by molar-refractivity contribution is -0.384. The maximum atomic E-state index is 11.4. The summed E-state index contributed by atoms with van der Waals surface area (Å²) in [7, 11) is 3.01. The highest BCUT2D eigenvalue weighted by Crippen LogP contribution is 2.35. The SMILES string of the molecule is COc1cc(OC)cc(-c2ccc(CC(N)=O)cc2[N+](=O)[O-])c1. The second kappa shape index (κ2) is 6.78. The summed E-state index contributed by atoms with van der Waals surface area (Å²) in [5, 5.41) is 11.4. The number of methoxy groups -OCH3 is 2. The van der Waals surface area contributed by atoms with E-state index in [1.165, 1.54) is 20.3 Å². The Kier molecular flexibility index (Phi) is 4.80. The quantitative estimate of drug-likeness (QED) is 0.650. The van der Waals surface area contributed by atoms with Crippen LogP contribution in [0.4, 0.5) is 5.69 Å². The van der Waals surface area contributed by atoms with Gasteiger partial charge in [-0.1, -0.05) is 6.07 Å². The number of rotatable bonds is 6. The number of nitro benzene ring substituents is 1. The van der Waals surface area contributed by atoms with Crippen molar-refractivity contribution in [2.24, 2.45) is 5.73 Å². The van der Waals surface area contributed by atoms with E-state index < -0.39 is 10.8 Å². The van der Waals surface area contributed by atoms with Crippen LogP contribution < -0.4 is 15.2 Å². The monoisotopic (exact) mass is 316 g/mol. The van der Waals surface area contributed by atoms with Crippen molar-refractivity contribution in [3.05, 3.63) is 52.1 Å². The lowest BCUT2D eigenvalue weighted by Crippen LogP contribution is -2.13. The van der Waals surface area contributed by atoms with Crippen LogP contribution in [-0.4, -0.2) is 25.1 Å². The van der Waals surface area contributed by atoms with Crippen LogP contribution in [0.5, 0.6) is 11.5 Å². The number of benzene rings is 2. The molecule has 1 amide bonds. The van der Waals surface area contributed by atoms with Gasteiger partial charge in [-0.25, -0.2) is 0 Å². The van der Waals surface area contributed by atoms with E-state index in [1.54, 1.807) is 30.3 Å². The second-order valence-corrected chi connectivity index (χ2v) is 4.85. The molecule has 7 nitrogen and oxygen atoms in total. The number of hydrogen-bond acceptors (Lipinski definition) is 5. The first kappa shape index (κ1) is 16.3. The van der Waals surface area contributed by atoms with Crippen molar-refractivity contribution in [2.45, 2.75) is 6.42 Å². The molecule has 0 unspecified atom stereocenters. The normalized spacial score (nSPS) is 10.2. The number of nitrogens with two attached hydrogens (primary N) is 1. The summed E-state index contributed by atoms with van der Waals surface area (Å²) in [6.45, 7) is 0. The summed E-state index contributed by atoms with van der Waals surface area (Å²) in [6.07, 6.45) is -0.0530. The zero-order valence-electron chi connectivity index (χ0n) is 12.7. The highest BCUT2D eigenvalue weighted by molar-refractivity contribution is 5.79. The Morgan fingerprint density at radius 3 is 2.22 bits per heavy atom. The van der Waals surface area contributed by atoms with Gasteiger partial charge in [0, 0.05) is 12.1 Å². The van der Waals surface area contributed by atoms with Crippen molar-refractivity contribution < 1.29 is 19.2 Å². The first-order valence-corrected chi connectivity index (χ1v) is 6.73. The van der Waals surface area contributed by atoms with Crippen molar-refractivity contribution in [1.82, 2.24) is 0 Å². The van der Waals surface area contributed by atoms with E-state index in [1.807, 2.05) is 0 Å². The van der Waals surface area contributed by atoms with Crippen LogP contribution in [-0.2, 0) is 11.2 Å². The number of hydrogen-bond donors (Lipinski definition) is 1. The molecule has 0 atom stereocenters. The number of nitrogens with zero attached hydrogens (tertiary/aromatic N) is 1. The van der Waals surface area contributed by atoms with Crippen LogP contribution in [0.25, 0.3) is 11.1 Å². The molecule has 0 aliphatic rings. The van der Waals surface area contributed by atoms with Crippen LogP contribution in [0.2, 0.25) is 0 Å². The number of nitro groups is 1. The van der Waals surface area contributed by atoms with Gasteiger partial charge in [0.2, 0.25) is 5.91 Å². The first-order chi connectivity index (χ1) is 10.9. The Labute approximate surface area is 132 Å². The Morgan fingerprint density at radius 1 is 1.13 bits per heavy atom. The summed E-state index contributed by atoms with van der Waals surface area (Å²) < 4.78 is 10.4. The van der Waals surface area contributed by atoms with Crippen molar-refractivity contribution in [1.29, 1.82) is 0 Å². The third-order valence-electron chi connectivity index (χ3n) is 3.30. The van der Waals surface area contributed by atoms with E-state index in [0.29, 0.717) is 28.2 Å². The Bertz CT molecular complexity index is 736. The van der Waals surface area contributed by atoms with E-state index in [4.69, 9.17) is 15.2 Å². The van der Waals surface area contributed by atoms with E-state index in [0.717, 1.165) is 0 Å². The molecule has 0 aliphatic heterocycles. The van der Waals surface area contributed by atoms with Gasteiger partial charge in [-0.15, -0.1) is 0 Å². The van der Waals surface area contributed by atoms with Crippen molar-refractivity contribution in [2.75, 3.05) is 14.2 Å². The molecule has 23 heavy (non-hydrogen) atoms. The van der Waals surface area contributed by atoms with Crippen LogP contribution >= 0.6 is 0 Å². The highest BCUT2D eigenvalue weighted by atomic mass is 16.6. The van der Waals surface area contributed by atoms with Crippen molar-refractivity contribution in [3.8, 4) is 22.6 Å². The van der Waals surface area contributed by atoms with E-state index in [2.05, 4.69) is 0 Å². The fourth-order valence-corrected chi connectivity index (χ4v) is 2.25. The maximum Gasteiger partial charge on any atom is 0.277 e. The molecule has 0 aromatic heterocycles. The maximum absolute atomic E-state index is 11.4. The number of ether oxygens (including phenoxy) is 2. The minimum absolute atomic E-state index is 0.0530. The van der Waals surface area contributed by atoms with Crippen LogP contribution in [0.15, 0.2) is 36.4 Å². The number of amides is 1. The highest BCUT2D eigenvalue weighted by Gasteiger charge is 2.18. The zero-order valence-corrected chi connectivity index (χ0v) is 12.7. The molecule has 0 fully saturated rings. The van der Waals surface area contributed by atoms with E-state index >= 15 is 0 Å². The largest absolute Gasteiger partial charge is 0.497 e. The molecular weight excluding hydrogens is 300 g/mol. The molecule has 120 valence electrons. The molecule has 0 spiro atoms. The van der Waals surface area contributed by atoms with Gasteiger partial charge in [-0.05, 0) is 29.3 Å². The third kappa shape index (κ3) is 3.76. The minimum Gasteiger partial charge on any atom is -0.497 e. The van der Waals surface area contributed by atoms with Crippen molar-refractivity contribution >= 4 is 11.6 Å². The van der Waals surface area contributed by atoms with Gasteiger partial charge in [0.05, 0.1) is 31.1 Å². The smallest absolute Gasteiger partial charge is 0.277 e. The van der Waals surface area contributed by atoms with Gasteiger partial charge in [0.15, 0.2) is 0 Å². The van der Waals surface area contributed by atoms with Gasteiger partial charge in [-0.3, -0.25) is 14.9 Å². The number of primary amides is 1. The molecule has 2 aromatic carbocycles. The Balaban J connectivity index is 2.58. The lowest BCUT2D eigenvalue weighted by Gasteiger charge is -2.10. The summed E-state index contributed by atoms with van der Waals surface area (Å²) in [5.74, 6) is 0.500. The molecule has 0 radical (unpaired) electrons. The molecule has 0 heterocycles. The summed E-state index contributed by atoms with van der Waals surface area (Å²) >= 11 is 0. The van der Waals surface area contributed by atoms with Gasteiger partial charge >= 0.3 is 0 Å². The fraction of sp³-hybridized carbons (Fsp3) is 0.188. The predicted octanol–water partition coefficient (Wildman–Crippen LogP) is 2.31. The zero-order chi connectivity index (χ0) is 17.0. The molecule has 0 aliphatic carbocycles. The molecular formula is C16H16N2O5. The lowest BCUT2D eigenvalue weighted by atomic mass is 10.00. The molecule has 0 saturated heterocycles. The minimum atomic E-state index is -0.546. The predicted molar refractivity (Wildman–Crippen MR) is 84.5 cm³/mol. The topological polar surface area (TPSA) is 105 Å². The third-order valence-corrected chi connectivity index (χ3v) is 3.30. The molecule has 2 rings (SSSR count). The molecule has 7 heteroatoms. The van der Waals surface area contributed by atoms with Gasteiger partial charge in [-0.2, -0.15) is 0 Å². The standard InChI is InChI=1S/C16H16N2O5/c1-22-12-7-11(8-13(9-12)23-2)14-4-3-10(6-16(17)19)5-15(14)18(20)21/h3-5,7-9H,6H2,1-2H3,(H2,17,19). The molecule has 2 aromatic rings. The Hall–Kier alpha value is -3.09. The molecule has 0 bridgehead atoms. The summed E-state index contributed by atoms with van der Waals surface area (Å²) in [6, 6.07) is 9.61. The van der Waals surface area contributed by atoms with Gasteiger partial charge < -0.3 is 15.2 Å². The van der Waals surface area contributed by atoms with Crippen LogP contribution in [0.1, 0.15) is 5.56 Å².